The normalized spacial score (nSPS) is 15.7. The van der Waals surface area contributed by atoms with Gasteiger partial charge in [-0.15, -0.1) is 10.2 Å². The number of nitrogens with one attached hydrogen (secondary N) is 2. The van der Waals surface area contributed by atoms with Crippen molar-refractivity contribution in [3.05, 3.63) is 71.3 Å². The molecule has 2 heterocycles. The molecule has 8 heteroatoms. The van der Waals surface area contributed by atoms with Gasteiger partial charge in [-0.05, 0) is 19.1 Å². The van der Waals surface area contributed by atoms with Crippen LogP contribution in [0.15, 0.2) is 53.5 Å². The number of nitrogens with zero attached hydrogens (tertiary/aromatic N) is 4. The second-order valence-electron chi connectivity index (χ2n) is 7.42. The van der Waals surface area contributed by atoms with Crippen LogP contribution in [0.4, 0.5) is 0 Å². The molecule has 2 N–H and O–H groups in total. The first-order valence-electron chi connectivity index (χ1n) is 10.4. The van der Waals surface area contributed by atoms with Crippen LogP contribution in [0.3, 0.4) is 0 Å². The molecule has 8 nitrogen and oxygen atoms in total. The van der Waals surface area contributed by atoms with Crippen molar-refractivity contribution in [3.8, 4) is 11.5 Å². The first kappa shape index (κ1) is 20.7. The van der Waals surface area contributed by atoms with Crippen LogP contribution in [0.5, 0.6) is 11.5 Å². The Labute approximate surface area is 182 Å². The fraction of sp³-hybridized carbons (Fsp3) is 0.348. The molecule has 4 rings (SSSR count). The zero-order chi connectivity index (χ0) is 21.6. The Morgan fingerprint density at radius 2 is 2.00 bits per heavy atom. The van der Waals surface area contributed by atoms with Crippen LogP contribution in [-0.4, -0.2) is 34.4 Å². The average Bonchev–Trinajstić information content (AvgIpc) is 3.13. The lowest BCUT2D eigenvalue weighted by Gasteiger charge is -2.28. The summed E-state index contributed by atoms with van der Waals surface area (Å²) in [4.78, 5) is 4.84. The van der Waals surface area contributed by atoms with Crippen molar-refractivity contribution in [1.82, 2.24) is 25.4 Å². The maximum atomic E-state index is 5.80. The second kappa shape index (κ2) is 9.51. The number of hydrogen-bond donors (Lipinski definition) is 2. The number of rotatable bonds is 6. The SMILES string of the molecule is COc1ccccc1CN=C(NCc1nnc(C)n1C)NC1CCOc2ccccc21. The summed E-state index contributed by atoms with van der Waals surface area (Å²) in [6.45, 7) is 3.60. The number of ether oxygens (including phenoxy) is 2. The molecule has 1 unspecified atom stereocenters. The van der Waals surface area contributed by atoms with Crippen LogP contribution >= 0.6 is 0 Å². The highest BCUT2D eigenvalue weighted by Crippen LogP contribution is 2.31. The fourth-order valence-electron chi connectivity index (χ4n) is 3.58. The summed E-state index contributed by atoms with van der Waals surface area (Å²) in [5.41, 5.74) is 2.16. The minimum Gasteiger partial charge on any atom is -0.496 e. The van der Waals surface area contributed by atoms with Gasteiger partial charge in [0.1, 0.15) is 17.3 Å². The van der Waals surface area contributed by atoms with Gasteiger partial charge in [-0.3, -0.25) is 0 Å². The number of hydrogen-bond acceptors (Lipinski definition) is 5. The van der Waals surface area contributed by atoms with Crippen molar-refractivity contribution < 1.29 is 9.47 Å². The molecule has 0 saturated carbocycles. The van der Waals surface area contributed by atoms with Crippen molar-refractivity contribution in [2.45, 2.75) is 32.5 Å². The molecule has 0 saturated heterocycles. The molecule has 162 valence electrons. The zero-order valence-electron chi connectivity index (χ0n) is 18.1. The minimum absolute atomic E-state index is 0.107. The maximum Gasteiger partial charge on any atom is 0.192 e. The molecule has 0 amide bonds. The van der Waals surface area contributed by atoms with Gasteiger partial charge >= 0.3 is 0 Å². The van der Waals surface area contributed by atoms with Gasteiger partial charge in [0.2, 0.25) is 0 Å². The van der Waals surface area contributed by atoms with Gasteiger partial charge in [0.15, 0.2) is 11.8 Å². The summed E-state index contributed by atoms with van der Waals surface area (Å²) in [5.74, 6) is 4.16. The highest BCUT2D eigenvalue weighted by Gasteiger charge is 2.22. The van der Waals surface area contributed by atoms with E-state index in [0.717, 1.165) is 40.7 Å². The van der Waals surface area contributed by atoms with Crippen LogP contribution in [-0.2, 0) is 20.1 Å². The van der Waals surface area contributed by atoms with E-state index in [1.54, 1.807) is 7.11 Å². The molecule has 0 bridgehead atoms. The summed E-state index contributed by atoms with van der Waals surface area (Å²) >= 11 is 0. The lowest BCUT2D eigenvalue weighted by Crippen LogP contribution is -2.41. The predicted molar refractivity (Wildman–Crippen MR) is 119 cm³/mol. The van der Waals surface area contributed by atoms with Crippen LogP contribution < -0.4 is 20.1 Å². The van der Waals surface area contributed by atoms with Gasteiger partial charge in [-0.2, -0.15) is 0 Å². The first-order valence-corrected chi connectivity index (χ1v) is 10.4. The number of fused-ring (bicyclic) bond motifs is 1. The third kappa shape index (κ3) is 4.79. The van der Waals surface area contributed by atoms with E-state index in [2.05, 4.69) is 26.9 Å². The van der Waals surface area contributed by atoms with E-state index in [0.29, 0.717) is 25.7 Å². The highest BCUT2D eigenvalue weighted by molar-refractivity contribution is 5.80. The largest absolute Gasteiger partial charge is 0.496 e. The maximum absolute atomic E-state index is 5.80. The van der Waals surface area contributed by atoms with E-state index >= 15 is 0 Å². The number of guanidine groups is 1. The highest BCUT2D eigenvalue weighted by atomic mass is 16.5. The van der Waals surface area contributed by atoms with E-state index in [4.69, 9.17) is 14.5 Å². The lowest BCUT2D eigenvalue weighted by molar-refractivity contribution is 0.261. The van der Waals surface area contributed by atoms with Crippen molar-refractivity contribution >= 4 is 5.96 Å². The Morgan fingerprint density at radius 3 is 2.81 bits per heavy atom. The Kier molecular flexibility index (Phi) is 6.35. The molecule has 1 atom stereocenters. The van der Waals surface area contributed by atoms with E-state index in [-0.39, 0.29) is 6.04 Å². The first-order chi connectivity index (χ1) is 15.2. The number of aliphatic imine (C=N–C) groups is 1. The van der Waals surface area contributed by atoms with Crippen molar-refractivity contribution in [2.75, 3.05) is 13.7 Å². The quantitative estimate of drug-likeness (QED) is 0.471. The molecule has 0 spiro atoms. The third-order valence-electron chi connectivity index (χ3n) is 5.47. The molecule has 0 aliphatic carbocycles. The Morgan fingerprint density at radius 1 is 1.19 bits per heavy atom. The van der Waals surface area contributed by atoms with Gasteiger partial charge in [0, 0.05) is 24.6 Å². The van der Waals surface area contributed by atoms with Crippen molar-refractivity contribution in [3.63, 3.8) is 0 Å². The fourth-order valence-corrected chi connectivity index (χ4v) is 3.58. The summed E-state index contributed by atoms with van der Waals surface area (Å²) in [5, 5.41) is 15.4. The van der Waals surface area contributed by atoms with Gasteiger partial charge in [0.25, 0.3) is 0 Å². The molecule has 31 heavy (non-hydrogen) atoms. The van der Waals surface area contributed by atoms with Crippen molar-refractivity contribution in [1.29, 1.82) is 0 Å². The summed E-state index contributed by atoms with van der Waals surface area (Å²) in [7, 11) is 3.63. The van der Waals surface area contributed by atoms with Gasteiger partial charge < -0.3 is 24.7 Å². The van der Waals surface area contributed by atoms with Crippen LogP contribution in [0, 0.1) is 6.92 Å². The smallest absolute Gasteiger partial charge is 0.192 e. The molecule has 0 radical (unpaired) electrons. The summed E-state index contributed by atoms with van der Waals surface area (Å²) in [6, 6.07) is 16.1. The van der Waals surface area contributed by atoms with Gasteiger partial charge in [0.05, 0.1) is 32.8 Å². The number of methoxy groups -OCH3 is 1. The Balaban J connectivity index is 1.55. The Bertz CT molecular complexity index is 1060. The monoisotopic (exact) mass is 420 g/mol. The van der Waals surface area contributed by atoms with Crippen LogP contribution in [0.25, 0.3) is 0 Å². The van der Waals surface area contributed by atoms with E-state index < -0.39 is 0 Å². The number of para-hydroxylation sites is 2. The topological polar surface area (TPSA) is 85.6 Å². The van der Waals surface area contributed by atoms with Gasteiger partial charge in [-0.25, -0.2) is 4.99 Å². The van der Waals surface area contributed by atoms with Crippen molar-refractivity contribution in [2.24, 2.45) is 12.0 Å². The van der Waals surface area contributed by atoms with Gasteiger partial charge in [-0.1, -0.05) is 36.4 Å². The molecule has 3 aromatic rings. The minimum atomic E-state index is 0.107. The van der Waals surface area contributed by atoms with E-state index in [9.17, 15) is 0 Å². The molecular formula is C23H28N6O2. The summed E-state index contributed by atoms with van der Waals surface area (Å²) in [6.07, 6.45) is 0.857. The molecule has 1 aromatic heterocycles. The van der Waals surface area contributed by atoms with E-state index in [1.165, 1.54) is 0 Å². The lowest BCUT2D eigenvalue weighted by atomic mass is 10.0. The standard InChI is InChI=1S/C23H28N6O2/c1-16-27-28-22(29(16)2)15-25-23(24-14-17-8-4-6-10-20(17)30-3)26-19-12-13-31-21-11-7-5-9-18(19)21/h4-11,19H,12-15H2,1-3H3,(H2,24,25,26). The molecule has 1 aliphatic rings. The molecule has 2 aromatic carbocycles. The Hall–Kier alpha value is -3.55. The second-order valence-corrected chi connectivity index (χ2v) is 7.42. The zero-order valence-corrected chi connectivity index (χ0v) is 18.1. The predicted octanol–water partition coefficient (Wildman–Crippen LogP) is 2.89. The number of aryl methyl sites for hydroxylation is 1. The molecule has 0 fully saturated rings. The summed E-state index contributed by atoms with van der Waals surface area (Å²) < 4.78 is 13.2. The molecule has 1 aliphatic heterocycles. The third-order valence-corrected chi connectivity index (χ3v) is 5.47. The average molecular weight is 421 g/mol. The van der Waals surface area contributed by atoms with Crippen LogP contribution in [0.2, 0.25) is 0 Å². The molecular weight excluding hydrogens is 392 g/mol. The van der Waals surface area contributed by atoms with Crippen LogP contribution in [0.1, 0.15) is 35.2 Å². The number of aromatic nitrogens is 3. The van der Waals surface area contributed by atoms with E-state index in [1.807, 2.05) is 61.0 Å². The number of benzene rings is 2.